The fourth-order valence-electron chi connectivity index (χ4n) is 5.12. The van der Waals surface area contributed by atoms with Gasteiger partial charge in [0.25, 0.3) is 0 Å². The van der Waals surface area contributed by atoms with Gasteiger partial charge in [0.15, 0.2) is 23.1 Å². The number of fused-ring (bicyclic) bond motifs is 6. The summed E-state index contributed by atoms with van der Waals surface area (Å²) in [6.45, 7) is 0. The van der Waals surface area contributed by atoms with Crippen molar-refractivity contribution in [3.05, 3.63) is 114 Å². The van der Waals surface area contributed by atoms with Gasteiger partial charge in [-0.25, -0.2) is 15.0 Å². The second kappa shape index (κ2) is 8.51. The number of aromatic nitrogens is 3. The lowest BCUT2D eigenvalue weighted by Crippen LogP contribution is -2.00. The predicted octanol–water partition coefficient (Wildman–Crippen LogP) is 9.32. The van der Waals surface area contributed by atoms with Gasteiger partial charge in [0, 0.05) is 38.2 Å². The van der Waals surface area contributed by atoms with E-state index in [1.165, 1.54) is 0 Å². The Labute approximate surface area is 227 Å². The maximum Gasteiger partial charge on any atom is 0.164 e. The fourth-order valence-corrected chi connectivity index (χ4v) is 5.33. The van der Waals surface area contributed by atoms with E-state index in [2.05, 4.69) is 12.1 Å². The van der Waals surface area contributed by atoms with Gasteiger partial charge in [-0.05, 0) is 42.5 Å². The van der Waals surface area contributed by atoms with Crippen molar-refractivity contribution < 1.29 is 8.83 Å². The van der Waals surface area contributed by atoms with Crippen LogP contribution >= 0.6 is 11.6 Å². The first-order valence-corrected chi connectivity index (χ1v) is 12.9. The highest BCUT2D eigenvalue weighted by atomic mass is 35.5. The Kier molecular flexibility index (Phi) is 4.81. The van der Waals surface area contributed by atoms with Gasteiger partial charge in [-0.15, -0.1) is 0 Å². The van der Waals surface area contributed by atoms with Gasteiger partial charge in [0.2, 0.25) is 0 Å². The summed E-state index contributed by atoms with van der Waals surface area (Å²) in [7, 11) is 0. The molecule has 5 nitrogen and oxygen atoms in total. The maximum atomic E-state index is 6.40. The van der Waals surface area contributed by atoms with Crippen molar-refractivity contribution in [2.75, 3.05) is 0 Å². The molecule has 0 bridgehead atoms. The topological polar surface area (TPSA) is 65.0 Å². The van der Waals surface area contributed by atoms with Gasteiger partial charge in [-0.1, -0.05) is 78.3 Å². The number of hydrogen-bond donors (Lipinski definition) is 0. The van der Waals surface area contributed by atoms with Crippen molar-refractivity contribution in [3.8, 4) is 34.2 Å². The van der Waals surface area contributed by atoms with Gasteiger partial charge < -0.3 is 8.83 Å². The van der Waals surface area contributed by atoms with E-state index in [0.29, 0.717) is 28.1 Å². The summed E-state index contributed by atoms with van der Waals surface area (Å²) < 4.78 is 12.2. The van der Waals surface area contributed by atoms with Gasteiger partial charge >= 0.3 is 0 Å². The van der Waals surface area contributed by atoms with E-state index >= 15 is 0 Å². The molecule has 0 unspecified atom stereocenters. The molecule has 0 aliphatic rings. The Morgan fingerprint density at radius 3 is 1.92 bits per heavy atom. The average molecular weight is 524 g/mol. The first-order valence-electron chi connectivity index (χ1n) is 12.6. The van der Waals surface area contributed by atoms with Crippen molar-refractivity contribution in [1.29, 1.82) is 0 Å². The summed E-state index contributed by atoms with van der Waals surface area (Å²) in [6.07, 6.45) is 0. The van der Waals surface area contributed by atoms with Crippen LogP contribution in [-0.4, -0.2) is 15.0 Å². The maximum absolute atomic E-state index is 6.40. The van der Waals surface area contributed by atoms with Crippen LogP contribution < -0.4 is 0 Å². The Hall–Kier alpha value is -5.00. The Bertz CT molecular complexity index is 2200. The number of para-hydroxylation sites is 2. The lowest BCUT2D eigenvalue weighted by atomic mass is 10.1. The van der Waals surface area contributed by atoms with Crippen molar-refractivity contribution in [3.63, 3.8) is 0 Å². The first kappa shape index (κ1) is 22.0. The molecular weight excluding hydrogens is 506 g/mol. The Morgan fingerprint density at radius 1 is 0.436 bits per heavy atom. The molecule has 0 aliphatic heterocycles. The molecule has 5 aromatic carbocycles. The van der Waals surface area contributed by atoms with Crippen LogP contribution in [0.5, 0.6) is 0 Å². The van der Waals surface area contributed by atoms with Gasteiger partial charge in [-0.3, -0.25) is 0 Å². The van der Waals surface area contributed by atoms with Crippen LogP contribution in [0.15, 0.2) is 118 Å². The number of furan rings is 2. The van der Waals surface area contributed by atoms with Crippen LogP contribution in [0.25, 0.3) is 78.0 Å². The Balaban J connectivity index is 1.34. The molecule has 0 fully saturated rings. The lowest BCUT2D eigenvalue weighted by molar-refractivity contribution is 0.668. The number of hydrogen-bond acceptors (Lipinski definition) is 5. The standard InChI is InChI=1S/C33H18ClN3O2/c34-26-11-6-10-24-25-17-20(14-16-28(25)39-30(24)26)32-35-31(19-7-2-1-3-8-19)36-33(37-32)21-13-15-23-22-9-4-5-12-27(22)38-29(23)18-21/h1-18H. The highest BCUT2D eigenvalue weighted by Crippen LogP contribution is 2.36. The minimum atomic E-state index is 0.571. The molecule has 39 heavy (non-hydrogen) atoms. The van der Waals surface area contributed by atoms with Gasteiger partial charge in [-0.2, -0.15) is 0 Å². The molecule has 8 aromatic rings. The summed E-state index contributed by atoms with van der Waals surface area (Å²) in [5.74, 6) is 1.74. The van der Waals surface area contributed by atoms with Crippen molar-refractivity contribution in [2.45, 2.75) is 0 Å². The third-order valence-corrected chi connectivity index (χ3v) is 7.31. The summed E-state index contributed by atoms with van der Waals surface area (Å²) in [4.78, 5) is 14.7. The largest absolute Gasteiger partial charge is 0.456 e. The molecule has 0 aliphatic carbocycles. The molecule has 8 rings (SSSR count). The zero-order valence-electron chi connectivity index (χ0n) is 20.4. The molecule has 184 valence electrons. The van der Waals surface area contributed by atoms with E-state index in [4.69, 9.17) is 35.4 Å². The third-order valence-electron chi connectivity index (χ3n) is 7.01. The monoisotopic (exact) mass is 523 g/mol. The predicted molar refractivity (Wildman–Crippen MR) is 156 cm³/mol. The van der Waals surface area contributed by atoms with Crippen LogP contribution in [0.1, 0.15) is 0 Å². The van der Waals surface area contributed by atoms with Crippen LogP contribution in [0, 0.1) is 0 Å². The molecule has 0 atom stereocenters. The smallest absolute Gasteiger partial charge is 0.164 e. The SMILES string of the molecule is Clc1cccc2c1oc1ccc(-c3nc(-c4ccccc4)nc(-c4ccc5c(c4)oc4ccccc45)n3)cc12. The van der Waals surface area contributed by atoms with Crippen LogP contribution in [-0.2, 0) is 0 Å². The quantitative estimate of drug-likeness (QED) is 0.231. The highest BCUT2D eigenvalue weighted by molar-refractivity contribution is 6.35. The van der Waals surface area contributed by atoms with Crippen LogP contribution in [0.3, 0.4) is 0 Å². The van der Waals surface area contributed by atoms with E-state index in [1.54, 1.807) is 0 Å². The Morgan fingerprint density at radius 2 is 1.08 bits per heavy atom. The highest BCUT2D eigenvalue weighted by Gasteiger charge is 2.16. The molecule has 0 saturated heterocycles. The second-order valence-electron chi connectivity index (χ2n) is 9.41. The molecule has 0 radical (unpaired) electrons. The van der Waals surface area contributed by atoms with Gasteiger partial charge in [0.05, 0.1) is 5.02 Å². The number of nitrogens with zero attached hydrogens (tertiary/aromatic N) is 3. The molecule has 0 amide bonds. The van der Waals surface area contributed by atoms with Gasteiger partial charge in [0.1, 0.15) is 16.7 Å². The minimum Gasteiger partial charge on any atom is -0.456 e. The zero-order chi connectivity index (χ0) is 25.9. The molecule has 0 N–H and O–H groups in total. The number of halogens is 1. The molecule has 6 heteroatoms. The molecule has 0 saturated carbocycles. The molecule has 3 aromatic heterocycles. The summed E-state index contributed by atoms with van der Waals surface area (Å²) >= 11 is 6.40. The lowest BCUT2D eigenvalue weighted by Gasteiger charge is -2.08. The van der Waals surface area contributed by atoms with E-state index in [1.807, 2.05) is 97.1 Å². The third kappa shape index (κ3) is 3.59. The van der Waals surface area contributed by atoms with Crippen molar-refractivity contribution in [1.82, 2.24) is 15.0 Å². The normalized spacial score (nSPS) is 11.7. The second-order valence-corrected chi connectivity index (χ2v) is 9.82. The zero-order valence-corrected chi connectivity index (χ0v) is 21.2. The van der Waals surface area contributed by atoms with E-state index in [9.17, 15) is 0 Å². The van der Waals surface area contributed by atoms with E-state index in [0.717, 1.165) is 55.0 Å². The summed E-state index contributed by atoms with van der Waals surface area (Å²) in [5.41, 5.74) is 5.70. The molecule has 0 spiro atoms. The van der Waals surface area contributed by atoms with Crippen LogP contribution in [0.4, 0.5) is 0 Å². The van der Waals surface area contributed by atoms with E-state index in [-0.39, 0.29) is 0 Å². The molecule has 3 heterocycles. The minimum absolute atomic E-state index is 0.571. The first-order chi connectivity index (χ1) is 19.2. The van der Waals surface area contributed by atoms with Crippen molar-refractivity contribution in [2.24, 2.45) is 0 Å². The number of rotatable bonds is 3. The van der Waals surface area contributed by atoms with Crippen LogP contribution in [0.2, 0.25) is 5.02 Å². The molecular formula is C33H18ClN3O2. The summed E-state index contributed by atoms with van der Waals surface area (Å²) in [5, 5.41) is 4.63. The fraction of sp³-hybridized carbons (Fsp3) is 0. The average Bonchev–Trinajstić information content (AvgIpc) is 3.56. The summed E-state index contributed by atoms with van der Waals surface area (Å²) in [6, 6.07) is 35.8. The van der Waals surface area contributed by atoms with Crippen molar-refractivity contribution >= 4 is 55.5 Å². The number of benzene rings is 5. The van der Waals surface area contributed by atoms with E-state index < -0.39 is 0 Å².